The minimum atomic E-state index is 0.0185. The highest BCUT2D eigenvalue weighted by atomic mass is 32.1. The van der Waals surface area contributed by atoms with Crippen LogP contribution in [0.1, 0.15) is 37.1 Å². The van der Waals surface area contributed by atoms with E-state index < -0.39 is 0 Å². The van der Waals surface area contributed by atoms with Gasteiger partial charge in [-0.3, -0.25) is 4.90 Å². The fourth-order valence-electron chi connectivity index (χ4n) is 3.72. The molecule has 0 amide bonds. The summed E-state index contributed by atoms with van der Waals surface area (Å²) in [5.41, 5.74) is 5.41. The number of rotatable bonds is 5. The van der Waals surface area contributed by atoms with E-state index in [9.17, 15) is 10.2 Å². The lowest BCUT2D eigenvalue weighted by atomic mass is 10.0. The van der Waals surface area contributed by atoms with Crippen molar-refractivity contribution in [2.24, 2.45) is 7.05 Å². The Labute approximate surface area is 183 Å². The first-order valence-electron chi connectivity index (χ1n) is 10.2. The van der Waals surface area contributed by atoms with Gasteiger partial charge in [0.25, 0.3) is 0 Å². The van der Waals surface area contributed by atoms with E-state index in [1.165, 1.54) is 11.8 Å². The molecule has 0 atom stereocenters. The summed E-state index contributed by atoms with van der Waals surface area (Å²) in [6, 6.07) is 11.6. The second-order valence-electron chi connectivity index (χ2n) is 7.33. The lowest BCUT2D eigenvalue weighted by molar-refractivity contribution is 0.445. The smallest absolute Gasteiger partial charge is 0.177 e. The van der Waals surface area contributed by atoms with Crippen LogP contribution < -0.4 is 10.2 Å². The van der Waals surface area contributed by atoms with Gasteiger partial charge in [-0.15, -0.1) is 0 Å². The van der Waals surface area contributed by atoms with Gasteiger partial charge in [-0.1, -0.05) is 19.9 Å². The van der Waals surface area contributed by atoms with Crippen LogP contribution >= 0.6 is 12.2 Å². The minimum Gasteiger partial charge on any atom is -0.508 e. The molecular weight excluding hydrogens is 394 g/mol. The number of fused-ring (bicyclic) bond motifs is 1. The highest BCUT2D eigenvalue weighted by molar-refractivity contribution is 7.80. The highest BCUT2D eigenvalue weighted by Gasteiger charge is 2.22. The number of hydrogen-bond donors (Lipinski definition) is 3. The summed E-state index contributed by atoms with van der Waals surface area (Å²) >= 11 is 5.67. The Hall–Kier alpha value is -2.99. The molecule has 0 bridgehead atoms. The Bertz CT molecular complexity index is 1130. The molecule has 1 heterocycles. The Morgan fingerprint density at radius 3 is 2.50 bits per heavy atom. The molecule has 5 nitrogen and oxygen atoms in total. The Morgan fingerprint density at radius 2 is 1.87 bits per heavy atom. The normalized spacial score (nSPS) is 11.7. The van der Waals surface area contributed by atoms with Gasteiger partial charge < -0.3 is 20.1 Å². The summed E-state index contributed by atoms with van der Waals surface area (Å²) < 4.78 is 2.15. The van der Waals surface area contributed by atoms with Gasteiger partial charge in [-0.05, 0) is 67.9 Å². The number of phenolic OH excluding ortho intramolecular Hbond substituents is 2. The van der Waals surface area contributed by atoms with Crippen LogP contribution in [0.4, 0.5) is 5.69 Å². The summed E-state index contributed by atoms with van der Waals surface area (Å²) in [6.45, 7) is 6.10. The minimum absolute atomic E-state index is 0.0185. The van der Waals surface area contributed by atoms with Gasteiger partial charge in [0.05, 0.1) is 5.70 Å². The van der Waals surface area contributed by atoms with Crippen LogP contribution in [0.15, 0.2) is 42.5 Å². The summed E-state index contributed by atoms with van der Waals surface area (Å²) in [5, 5.41) is 25.5. The third kappa shape index (κ3) is 3.87. The van der Waals surface area contributed by atoms with Gasteiger partial charge in [0.15, 0.2) is 5.11 Å². The predicted molar refractivity (Wildman–Crippen MR) is 129 cm³/mol. The van der Waals surface area contributed by atoms with E-state index in [0.717, 1.165) is 34.3 Å². The number of aromatic hydroxyl groups is 2. The Kier molecular flexibility index (Phi) is 6.37. The molecule has 158 valence electrons. The molecule has 3 aromatic rings. The van der Waals surface area contributed by atoms with Gasteiger partial charge in [0.2, 0.25) is 0 Å². The van der Waals surface area contributed by atoms with Gasteiger partial charge in [-0.2, -0.15) is 0 Å². The number of benzene rings is 2. The second kappa shape index (κ2) is 8.79. The molecule has 0 aliphatic rings. The van der Waals surface area contributed by atoms with E-state index in [-0.39, 0.29) is 11.5 Å². The van der Waals surface area contributed by atoms with Crippen molar-refractivity contribution in [3.63, 3.8) is 0 Å². The summed E-state index contributed by atoms with van der Waals surface area (Å²) in [4.78, 5) is 1.94. The average molecular weight is 424 g/mol. The number of nitrogens with zero attached hydrogens (tertiary/aromatic N) is 2. The largest absolute Gasteiger partial charge is 0.508 e. The number of nitrogens with one attached hydrogen (secondary N) is 1. The molecule has 0 radical (unpaired) electrons. The molecule has 0 aliphatic heterocycles. The van der Waals surface area contributed by atoms with Crippen molar-refractivity contribution in [3.05, 3.63) is 59.3 Å². The number of thiocarbonyl (C=S) groups is 1. The summed E-state index contributed by atoms with van der Waals surface area (Å²) in [7, 11) is 3.84. The Balaban J connectivity index is 2.23. The fraction of sp³-hybridized carbons (Fsp3) is 0.292. The molecule has 0 aliphatic carbocycles. The lowest BCUT2D eigenvalue weighted by Gasteiger charge is -2.29. The first kappa shape index (κ1) is 21.7. The standard InChI is InChI=1S/C24H29N3O2S/c1-6-8-21(19-13-16(7-2)22(28)14-23(19)29)27(24(30)25-4)18-9-10-20-17(12-18)11-15(3)26(20)5/h8-14,28-29H,6-7H2,1-5H3,(H,25,30). The van der Waals surface area contributed by atoms with Crippen molar-refractivity contribution in [2.75, 3.05) is 11.9 Å². The van der Waals surface area contributed by atoms with Gasteiger partial charge in [0, 0.05) is 48.0 Å². The van der Waals surface area contributed by atoms with Crippen LogP contribution in [-0.4, -0.2) is 26.9 Å². The van der Waals surface area contributed by atoms with Crippen LogP contribution in [0.2, 0.25) is 0 Å². The van der Waals surface area contributed by atoms with Gasteiger partial charge in [-0.25, -0.2) is 0 Å². The van der Waals surface area contributed by atoms with Crippen molar-refractivity contribution in [1.82, 2.24) is 9.88 Å². The van der Waals surface area contributed by atoms with Gasteiger partial charge >= 0.3 is 0 Å². The number of aromatic nitrogens is 1. The van der Waals surface area contributed by atoms with E-state index in [0.29, 0.717) is 17.1 Å². The van der Waals surface area contributed by atoms with E-state index >= 15 is 0 Å². The number of hydrogen-bond acceptors (Lipinski definition) is 3. The molecule has 0 saturated carbocycles. The van der Waals surface area contributed by atoms with Crippen molar-refractivity contribution >= 4 is 39.6 Å². The maximum absolute atomic E-state index is 10.7. The second-order valence-corrected chi connectivity index (χ2v) is 7.71. The predicted octanol–water partition coefficient (Wildman–Crippen LogP) is 5.22. The molecule has 6 heteroatoms. The molecule has 3 rings (SSSR count). The molecular formula is C24H29N3O2S. The number of allylic oxidation sites excluding steroid dienone is 1. The zero-order valence-electron chi connectivity index (χ0n) is 18.2. The molecule has 0 fully saturated rings. The molecule has 30 heavy (non-hydrogen) atoms. The van der Waals surface area contributed by atoms with Crippen molar-refractivity contribution in [2.45, 2.75) is 33.6 Å². The number of phenols is 2. The molecule has 1 aromatic heterocycles. The van der Waals surface area contributed by atoms with Crippen molar-refractivity contribution in [3.8, 4) is 11.5 Å². The van der Waals surface area contributed by atoms with Crippen LogP contribution in [0.3, 0.4) is 0 Å². The van der Waals surface area contributed by atoms with Gasteiger partial charge in [0.1, 0.15) is 11.5 Å². The molecule has 2 aromatic carbocycles. The van der Waals surface area contributed by atoms with Crippen LogP contribution in [0, 0.1) is 6.92 Å². The molecule has 0 spiro atoms. The van der Waals surface area contributed by atoms with E-state index in [1.807, 2.05) is 37.0 Å². The third-order valence-electron chi connectivity index (χ3n) is 5.43. The van der Waals surface area contributed by atoms with Crippen LogP contribution in [-0.2, 0) is 13.5 Å². The fourth-order valence-corrected chi connectivity index (χ4v) is 3.92. The molecule has 0 unspecified atom stereocenters. The zero-order chi connectivity index (χ0) is 22.0. The van der Waals surface area contributed by atoms with Crippen LogP contribution in [0.25, 0.3) is 16.6 Å². The molecule has 3 N–H and O–H groups in total. The molecule has 0 saturated heterocycles. The first-order chi connectivity index (χ1) is 14.3. The quantitative estimate of drug-likeness (QED) is 0.491. The number of aryl methyl sites for hydroxylation is 3. The third-order valence-corrected chi connectivity index (χ3v) is 5.82. The summed E-state index contributed by atoms with van der Waals surface area (Å²) in [5.74, 6) is 0.114. The highest BCUT2D eigenvalue weighted by Crippen LogP contribution is 2.37. The Morgan fingerprint density at radius 1 is 1.13 bits per heavy atom. The van der Waals surface area contributed by atoms with E-state index in [1.54, 1.807) is 7.05 Å². The van der Waals surface area contributed by atoms with Crippen molar-refractivity contribution < 1.29 is 10.2 Å². The van der Waals surface area contributed by atoms with Crippen LogP contribution in [0.5, 0.6) is 11.5 Å². The van der Waals surface area contributed by atoms with E-state index in [4.69, 9.17) is 12.2 Å². The number of anilines is 1. The lowest BCUT2D eigenvalue weighted by Crippen LogP contribution is -2.36. The van der Waals surface area contributed by atoms with Crippen molar-refractivity contribution in [1.29, 1.82) is 0 Å². The zero-order valence-corrected chi connectivity index (χ0v) is 19.0. The first-order valence-corrected chi connectivity index (χ1v) is 10.6. The van der Waals surface area contributed by atoms with E-state index in [2.05, 4.69) is 42.1 Å². The summed E-state index contributed by atoms with van der Waals surface area (Å²) in [6.07, 6.45) is 3.45. The maximum atomic E-state index is 10.7. The maximum Gasteiger partial charge on any atom is 0.177 e. The topological polar surface area (TPSA) is 60.7 Å². The SMILES string of the molecule is CCC=C(c1cc(CC)c(O)cc1O)N(C(=S)NC)c1ccc2c(c1)cc(C)n2C. The monoisotopic (exact) mass is 423 g/mol. The average Bonchev–Trinajstić information content (AvgIpc) is 3.01.